The number of hydrogen-bond donors (Lipinski definition) is 1. The summed E-state index contributed by atoms with van der Waals surface area (Å²) in [4.78, 5) is 31.4. The summed E-state index contributed by atoms with van der Waals surface area (Å²) in [5.74, 6) is 0.339. The molecule has 1 N–H and O–H groups in total. The molecule has 0 saturated heterocycles. The molecule has 0 fully saturated rings. The van der Waals surface area contributed by atoms with Gasteiger partial charge >= 0.3 is 0 Å². The van der Waals surface area contributed by atoms with E-state index in [1.54, 1.807) is 35.9 Å². The van der Waals surface area contributed by atoms with Gasteiger partial charge in [0.15, 0.2) is 4.80 Å². The average Bonchev–Trinajstić information content (AvgIpc) is 2.86. The molecule has 166 valence electrons. The fourth-order valence-corrected chi connectivity index (χ4v) is 4.11. The molecule has 33 heavy (non-hydrogen) atoms. The number of ether oxygens (including phenoxy) is 1. The first-order chi connectivity index (χ1) is 16.1. The van der Waals surface area contributed by atoms with Gasteiger partial charge in [0.2, 0.25) is 0 Å². The van der Waals surface area contributed by atoms with Crippen LogP contribution in [0.2, 0.25) is 0 Å². The van der Waals surface area contributed by atoms with Crippen LogP contribution < -0.4 is 20.4 Å². The highest BCUT2D eigenvalue weighted by Crippen LogP contribution is 2.16. The molecule has 3 aromatic carbocycles. The summed E-state index contributed by atoms with van der Waals surface area (Å²) in [7, 11) is 1.58. The standard InChI is InChI=1S/C26H23N3O3S/c1-32-22-14-12-21(13-15-22)28-25(31)23-16-24(30)29(18-20-10-6-3-7-11-20)26(33-23)27-17-19-8-4-2-5-9-19/h2-16H,17-18H2,1H3,(H,28,31). The summed E-state index contributed by atoms with van der Waals surface area (Å²) >= 11 is 1.20. The van der Waals surface area contributed by atoms with Crippen LogP contribution in [0.4, 0.5) is 5.69 Å². The minimum absolute atomic E-state index is 0.274. The maximum Gasteiger partial charge on any atom is 0.266 e. The van der Waals surface area contributed by atoms with Crippen molar-refractivity contribution in [2.45, 2.75) is 13.1 Å². The van der Waals surface area contributed by atoms with Crippen LogP contribution in [-0.4, -0.2) is 17.6 Å². The van der Waals surface area contributed by atoms with E-state index in [9.17, 15) is 9.59 Å². The molecule has 1 heterocycles. The van der Waals surface area contributed by atoms with Crippen molar-refractivity contribution in [3.05, 3.63) is 122 Å². The quantitative estimate of drug-likeness (QED) is 0.449. The van der Waals surface area contributed by atoms with Gasteiger partial charge in [-0.25, -0.2) is 0 Å². The lowest BCUT2D eigenvalue weighted by Crippen LogP contribution is -2.33. The second kappa shape index (κ2) is 10.6. The van der Waals surface area contributed by atoms with Gasteiger partial charge in [0, 0.05) is 11.8 Å². The molecule has 0 aliphatic heterocycles. The monoisotopic (exact) mass is 457 g/mol. The average molecular weight is 458 g/mol. The van der Waals surface area contributed by atoms with Crippen LogP contribution in [0.15, 0.2) is 101 Å². The minimum atomic E-state index is -0.356. The van der Waals surface area contributed by atoms with Crippen molar-refractivity contribution in [3.63, 3.8) is 0 Å². The van der Waals surface area contributed by atoms with Gasteiger partial charge in [-0.15, -0.1) is 0 Å². The van der Waals surface area contributed by atoms with E-state index in [0.29, 0.717) is 34.2 Å². The highest BCUT2D eigenvalue weighted by atomic mass is 32.1. The molecule has 0 aliphatic carbocycles. The Morgan fingerprint density at radius 2 is 1.58 bits per heavy atom. The summed E-state index contributed by atoms with van der Waals surface area (Å²) in [6.45, 7) is 0.791. The first kappa shape index (κ1) is 22.2. The van der Waals surface area contributed by atoms with E-state index in [1.165, 1.54) is 17.4 Å². The molecule has 0 unspecified atom stereocenters. The zero-order chi connectivity index (χ0) is 23.0. The van der Waals surface area contributed by atoms with E-state index in [4.69, 9.17) is 9.73 Å². The van der Waals surface area contributed by atoms with Crippen LogP contribution in [-0.2, 0) is 13.1 Å². The fraction of sp³-hybridized carbons (Fsp3) is 0.115. The number of carbonyl (C=O) groups excluding carboxylic acids is 1. The minimum Gasteiger partial charge on any atom is -0.497 e. The molecule has 1 aromatic heterocycles. The predicted octanol–water partition coefficient (Wildman–Crippen LogP) is 4.32. The molecule has 0 aliphatic rings. The van der Waals surface area contributed by atoms with Gasteiger partial charge < -0.3 is 10.1 Å². The number of nitrogens with zero attached hydrogens (tertiary/aromatic N) is 2. The largest absolute Gasteiger partial charge is 0.497 e. The Balaban J connectivity index is 1.68. The smallest absolute Gasteiger partial charge is 0.266 e. The van der Waals surface area contributed by atoms with E-state index in [2.05, 4.69) is 5.32 Å². The van der Waals surface area contributed by atoms with E-state index in [-0.39, 0.29) is 11.5 Å². The number of methoxy groups -OCH3 is 1. The van der Waals surface area contributed by atoms with Crippen LogP contribution in [0.1, 0.15) is 20.8 Å². The Morgan fingerprint density at radius 1 is 0.939 bits per heavy atom. The van der Waals surface area contributed by atoms with Gasteiger partial charge in [-0.1, -0.05) is 72.0 Å². The van der Waals surface area contributed by atoms with Crippen molar-refractivity contribution in [3.8, 4) is 5.75 Å². The fourth-order valence-electron chi connectivity index (χ4n) is 3.22. The topological polar surface area (TPSA) is 72.7 Å². The Kier molecular flexibility index (Phi) is 7.12. The van der Waals surface area contributed by atoms with Crippen LogP contribution in [0, 0.1) is 0 Å². The van der Waals surface area contributed by atoms with E-state index in [1.807, 2.05) is 60.7 Å². The maximum absolute atomic E-state index is 13.0. The molecule has 7 heteroatoms. The van der Waals surface area contributed by atoms with E-state index < -0.39 is 0 Å². The van der Waals surface area contributed by atoms with Crippen LogP contribution in [0.25, 0.3) is 0 Å². The first-order valence-electron chi connectivity index (χ1n) is 10.4. The molecule has 4 rings (SSSR count). The van der Waals surface area contributed by atoms with E-state index >= 15 is 0 Å². The van der Waals surface area contributed by atoms with Crippen molar-refractivity contribution in [1.29, 1.82) is 0 Å². The molecule has 0 spiro atoms. The van der Waals surface area contributed by atoms with Crippen molar-refractivity contribution < 1.29 is 9.53 Å². The molecule has 0 bridgehead atoms. The number of benzene rings is 3. The Hall–Kier alpha value is -3.97. The third-order valence-electron chi connectivity index (χ3n) is 4.95. The number of rotatable bonds is 7. The molecule has 1 amide bonds. The summed E-state index contributed by atoms with van der Waals surface area (Å²) in [6.07, 6.45) is 0. The SMILES string of the molecule is COc1ccc(NC(=O)c2cc(=O)n(Cc3ccccc3)c(=NCc3ccccc3)s2)cc1. The Morgan fingerprint density at radius 3 is 2.21 bits per heavy atom. The van der Waals surface area contributed by atoms with Crippen LogP contribution in [0.3, 0.4) is 0 Å². The van der Waals surface area contributed by atoms with Crippen molar-refractivity contribution in [2.75, 3.05) is 12.4 Å². The van der Waals surface area contributed by atoms with Crippen LogP contribution >= 0.6 is 11.3 Å². The number of nitrogens with one attached hydrogen (secondary N) is 1. The molecular weight excluding hydrogens is 434 g/mol. The number of carbonyl (C=O) groups is 1. The summed E-state index contributed by atoms with van der Waals surface area (Å²) in [5.41, 5.74) is 2.35. The molecular formula is C26H23N3O3S. The first-order valence-corrected chi connectivity index (χ1v) is 11.2. The molecule has 0 atom stereocenters. The Bertz CT molecular complexity index is 1350. The molecule has 0 radical (unpaired) electrons. The third-order valence-corrected chi connectivity index (χ3v) is 6.00. The highest BCUT2D eigenvalue weighted by molar-refractivity contribution is 7.11. The molecule has 6 nitrogen and oxygen atoms in total. The predicted molar refractivity (Wildman–Crippen MR) is 131 cm³/mol. The van der Waals surface area contributed by atoms with Crippen LogP contribution in [0.5, 0.6) is 5.75 Å². The lowest BCUT2D eigenvalue weighted by molar-refractivity contribution is 0.103. The highest BCUT2D eigenvalue weighted by Gasteiger charge is 2.12. The van der Waals surface area contributed by atoms with Gasteiger partial charge in [0.05, 0.1) is 20.2 Å². The van der Waals surface area contributed by atoms with Crippen molar-refractivity contribution in [2.24, 2.45) is 4.99 Å². The van der Waals surface area contributed by atoms with Gasteiger partial charge in [0.25, 0.3) is 11.5 Å². The van der Waals surface area contributed by atoms with Crippen molar-refractivity contribution >= 4 is 22.9 Å². The van der Waals surface area contributed by atoms with E-state index in [0.717, 1.165) is 11.1 Å². The third kappa shape index (κ3) is 5.84. The Labute approximate surface area is 195 Å². The summed E-state index contributed by atoms with van der Waals surface area (Å²) < 4.78 is 6.75. The number of amides is 1. The molecule has 0 saturated carbocycles. The normalized spacial score (nSPS) is 11.2. The van der Waals surface area contributed by atoms with Gasteiger partial charge in [-0.05, 0) is 35.4 Å². The lowest BCUT2D eigenvalue weighted by atomic mass is 10.2. The number of aromatic nitrogens is 1. The van der Waals surface area contributed by atoms with Gasteiger partial charge in [-0.3, -0.25) is 19.1 Å². The van der Waals surface area contributed by atoms with Gasteiger partial charge in [0.1, 0.15) is 10.6 Å². The van der Waals surface area contributed by atoms with Crippen molar-refractivity contribution in [1.82, 2.24) is 4.57 Å². The second-order valence-corrected chi connectivity index (χ2v) is 8.30. The maximum atomic E-state index is 13.0. The zero-order valence-electron chi connectivity index (χ0n) is 18.1. The zero-order valence-corrected chi connectivity index (χ0v) is 18.9. The number of anilines is 1. The molecule has 4 aromatic rings. The number of hydrogen-bond acceptors (Lipinski definition) is 5. The summed E-state index contributed by atoms with van der Waals surface area (Å²) in [5, 5.41) is 2.83. The lowest BCUT2D eigenvalue weighted by Gasteiger charge is -2.09. The summed E-state index contributed by atoms with van der Waals surface area (Å²) in [6, 6.07) is 27.9. The van der Waals surface area contributed by atoms with Gasteiger partial charge in [-0.2, -0.15) is 0 Å². The second-order valence-electron chi connectivity index (χ2n) is 7.29.